The van der Waals surface area contributed by atoms with Crippen molar-refractivity contribution in [1.29, 1.82) is 5.26 Å². The first-order valence-corrected chi connectivity index (χ1v) is 8.22. The molecule has 2 amide bonds. The number of benzene rings is 2. The summed E-state index contributed by atoms with van der Waals surface area (Å²) >= 11 is 1.13. The maximum atomic E-state index is 11.9. The van der Waals surface area contributed by atoms with Gasteiger partial charge in [0.05, 0.1) is 17.4 Å². The summed E-state index contributed by atoms with van der Waals surface area (Å²) in [6, 6.07) is 15.3. The lowest BCUT2D eigenvalue weighted by atomic mass is 10.1. The van der Waals surface area contributed by atoms with Crippen LogP contribution in [-0.2, 0) is 4.79 Å². The fourth-order valence-electron chi connectivity index (χ4n) is 1.97. The SMILES string of the molecule is N#Cc1ccc(C(=O)NNC(=O)CSc2nc3ccccc3o2)cc1. The summed E-state index contributed by atoms with van der Waals surface area (Å²) < 4.78 is 5.49. The van der Waals surface area contributed by atoms with Gasteiger partial charge in [-0.05, 0) is 36.4 Å². The molecule has 0 aliphatic heterocycles. The number of carbonyl (C=O) groups excluding carboxylic acids is 2. The van der Waals surface area contributed by atoms with E-state index in [1.165, 1.54) is 24.3 Å². The molecular weight excluding hydrogens is 340 g/mol. The van der Waals surface area contributed by atoms with Crippen LogP contribution in [0.1, 0.15) is 15.9 Å². The highest BCUT2D eigenvalue weighted by Crippen LogP contribution is 2.22. The molecule has 1 heterocycles. The second kappa shape index (κ2) is 7.51. The highest BCUT2D eigenvalue weighted by Gasteiger charge is 2.10. The van der Waals surface area contributed by atoms with Crippen molar-refractivity contribution < 1.29 is 14.0 Å². The number of aromatic nitrogens is 1. The summed E-state index contributed by atoms with van der Waals surface area (Å²) in [5.41, 5.74) is 6.80. The molecule has 0 saturated carbocycles. The van der Waals surface area contributed by atoms with Crippen molar-refractivity contribution in [2.24, 2.45) is 0 Å². The Labute approximate surface area is 147 Å². The Hall–Kier alpha value is -3.31. The van der Waals surface area contributed by atoms with E-state index in [2.05, 4.69) is 15.8 Å². The lowest BCUT2D eigenvalue weighted by Crippen LogP contribution is -2.42. The lowest BCUT2D eigenvalue weighted by Gasteiger charge is -2.06. The fraction of sp³-hybridized carbons (Fsp3) is 0.0588. The number of nitrogens with one attached hydrogen (secondary N) is 2. The van der Waals surface area contributed by atoms with Crippen LogP contribution < -0.4 is 10.9 Å². The molecule has 124 valence electrons. The van der Waals surface area contributed by atoms with Gasteiger partial charge >= 0.3 is 0 Å². The van der Waals surface area contributed by atoms with Gasteiger partial charge in [-0.3, -0.25) is 20.4 Å². The maximum absolute atomic E-state index is 11.9. The molecule has 8 heteroatoms. The Kier molecular flexibility index (Phi) is 4.97. The third-order valence-electron chi connectivity index (χ3n) is 3.19. The first-order chi connectivity index (χ1) is 12.2. The van der Waals surface area contributed by atoms with Crippen molar-refractivity contribution in [1.82, 2.24) is 15.8 Å². The number of fused-ring (bicyclic) bond motifs is 1. The van der Waals surface area contributed by atoms with Crippen LogP contribution in [0.5, 0.6) is 0 Å². The van der Waals surface area contributed by atoms with E-state index < -0.39 is 11.8 Å². The van der Waals surface area contributed by atoms with E-state index in [0.29, 0.717) is 21.9 Å². The van der Waals surface area contributed by atoms with E-state index in [4.69, 9.17) is 9.68 Å². The van der Waals surface area contributed by atoms with E-state index in [9.17, 15) is 9.59 Å². The highest BCUT2D eigenvalue weighted by atomic mass is 32.2. The fourth-order valence-corrected chi connectivity index (χ4v) is 2.61. The van der Waals surface area contributed by atoms with E-state index in [1.54, 1.807) is 6.07 Å². The van der Waals surface area contributed by atoms with Gasteiger partial charge in [-0.2, -0.15) is 5.26 Å². The van der Waals surface area contributed by atoms with Crippen LogP contribution in [0.15, 0.2) is 58.2 Å². The number of oxazole rings is 1. The predicted octanol–water partition coefficient (Wildman–Crippen LogP) is 2.25. The van der Waals surface area contributed by atoms with Crippen LogP contribution in [-0.4, -0.2) is 22.6 Å². The largest absolute Gasteiger partial charge is 0.431 e. The van der Waals surface area contributed by atoms with Crippen LogP contribution in [0.2, 0.25) is 0 Å². The lowest BCUT2D eigenvalue weighted by molar-refractivity contribution is -0.119. The van der Waals surface area contributed by atoms with Gasteiger partial charge in [0.15, 0.2) is 5.58 Å². The van der Waals surface area contributed by atoms with Crippen molar-refractivity contribution in [3.63, 3.8) is 0 Å². The predicted molar refractivity (Wildman–Crippen MR) is 91.5 cm³/mol. The Balaban J connectivity index is 1.48. The summed E-state index contributed by atoms with van der Waals surface area (Å²) in [6.07, 6.45) is 0. The number of carbonyl (C=O) groups is 2. The number of amides is 2. The van der Waals surface area contributed by atoms with Crippen molar-refractivity contribution >= 4 is 34.7 Å². The van der Waals surface area contributed by atoms with Crippen molar-refractivity contribution in [2.45, 2.75) is 5.22 Å². The van der Waals surface area contributed by atoms with Gasteiger partial charge in [0, 0.05) is 5.56 Å². The number of hydrazine groups is 1. The van der Waals surface area contributed by atoms with Crippen LogP contribution in [0.3, 0.4) is 0 Å². The molecule has 3 aromatic rings. The Morgan fingerprint density at radius 1 is 1.12 bits per heavy atom. The molecule has 2 N–H and O–H groups in total. The zero-order chi connectivity index (χ0) is 17.6. The molecule has 0 unspecified atom stereocenters. The minimum absolute atomic E-state index is 0.0421. The topological polar surface area (TPSA) is 108 Å². The van der Waals surface area contributed by atoms with Gasteiger partial charge in [0.25, 0.3) is 11.1 Å². The summed E-state index contributed by atoms with van der Waals surface area (Å²) in [5.74, 6) is -0.820. The van der Waals surface area contributed by atoms with Gasteiger partial charge in [0.2, 0.25) is 5.91 Å². The summed E-state index contributed by atoms with van der Waals surface area (Å²) in [7, 11) is 0. The quantitative estimate of drug-likeness (QED) is 0.551. The molecule has 0 radical (unpaired) electrons. The molecule has 0 aliphatic carbocycles. The van der Waals surface area contributed by atoms with Crippen molar-refractivity contribution in [2.75, 3.05) is 5.75 Å². The maximum Gasteiger partial charge on any atom is 0.269 e. The average molecular weight is 352 g/mol. The van der Waals surface area contributed by atoms with E-state index in [1.807, 2.05) is 24.3 Å². The van der Waals surface area contributed by atoms with E-state index >= 15 is 0 Å². The van der Waals surface area contributed by atoms with Gasteiger partial charge in [0.1, 0.15) is 5.52 Å². The molecule has 0 saturated heterocycles. The van der Waals surface area contributed by atoms with Crippen LogP contribution >= 0.6 is 11.8 Å². The first kappa shape index (κ1) is 16.5. The minimum atomic E-state index is -0.468. The Bertz CT molecular complexity index is 927. The Morgan fingerprint density at radius 3 is 2.60 bits per heavy atom. The number of hydrogen-bond donors (Lipinski definition) is 2. The summed E-state index contributed by atoms with van der Waals surface area (Å²) in [5, 5.41) is 9.10. The minimum Gasteiger partial charge on any atom is -0.431 e. The van der Waals surface area contributed by atoms with Crippen LogP contribution in [0.25, 0.3) is 11.1 Å². The smallest absolute Gasteiger partial charge is 0.269 e. The monoisotopic (exact) mass is 352 g/mol. The molecule has 1 aromatic heterocycles. The highest BCUT2D eigenvalue weighted by molar-refractivity contribution is 7.99. The molecule has 0 aliphatic rings. The molecule has 25 heavy (non-hydrogen) atoms. The molecule has 0 spiro atoms. The number of nitriles is 1. The third kappa shape index (κ3) is 4.16. The van der Waals surface area contributed by atoms with E-state index in [0.717, 1.165) is 17.3 Å². The Morgan fingerprint density at radius 2 is 1.88 bits per heavy atom. The summed E-state index contributed by atoms with van der Waals surface area (Å²) in [6.45, 7) is 0. The molecule has 3 rings (SSSR count). The zero-order valence-electron chi connectivity index (χ0n) is 12.9. The van der Waals surface area contributed by atoms with E-state index in [-0.39, 0.29) is 5.75 Å². The molecular formula is C17H12N4O3S. The molecule has 2 aromatic carbocycles. The standard InChI is InChI=1S/C17H12N4O3S/c18-9-11-5-7-12(8-6-11)16(23)21-20-15(22)10-25-17-19-13-3-1-2-4-14(13)24-17/h1-8H,10H2,(H,20,22)(H,21,23). The summed E-state index contributed by atoms with van der Waals surface area (Å²) in [4.78, 5) is 27.9. The number of rotatable bonds is 4. The molecule has 7 nitrogen and oxygen atoms in total. The van der Waals surface area contributed by atoms with Gasteiger partial charge in [-0.25, -0.2) is 4.98 Å². The normalized spacial score (nSPS) is 10.2. The second-order valence-electron chi connectivity index (χ2n) is 4.93. The number of thioether (sulfide) groups is 1. The zero-order valence-corrected chi connectivity index (χ0v) is 13.7. The van der Waals surface area contributed by atoms with Crippen molar-refractivity contribution in [3.8, 4) is 6.07 Å². The first-order valence-electron chi connectivity index (χ1n) is 7.23. The van der Waals surface area contributed by atoms with Crippen LogP contribution in [0, 0.1) is 11.3 Å². The number of hydrogen-bond acceptors (Lipinski definition) is 6. The van der Waals surface area contributed by atoms with Gasteiger partial charge in [-0.1, -0.05) is 23.9 Å². The number of nitrogens with zero attached hydrogens (tertiary/aromatic N) is 2. The van der Waals surface area contributed by atoms with Crippen molar-refractivity contribution in [3.05, 3.63) is 59.7 Å². The average Bonchev–Trinajstić information content (AvgIpc) is 3.07. The van der Waals surface area contributed by atoms with Gasteiger partial charge < -0.3 is 4.42 Å². The third-order valence-corrected chi connectivity index (χ3v) is 4.02. The van der Waals surface area contributed by atoms with Crippen LogP contribution in [0.4, 0.5) is 0 Å². The molecule has 0 bridgehead atoms. The molecule has 0 fully saturated rings. The second-order valence-corrected chi connectivity index (χ2v) is 5.85. The molecule has 0 atom stereocenters. The number of para-hydroxylation sites is 2. The van der Waals surface area contributed by atoms with Gasteiger partial charge in [-0.15, -0.1) is 0 Å².